The zero-order valence-corrected chi connectivity index (χ0v) is 18.0. The van der Waals surface area contributed by atoms with Crippen molar-refractivity contribution >= 4 is 34.3 Å². The van der Waals surface area contributed by atoms with Gasteiger partial charge in [-0.25, -0.2) is 4.98 Å². The van der Waals surface area contributed by atoms with Crippen LogP contribution in [0.15, 0.2) is 47.3 Å². The normalized spacial score (nSPS) is 15.9. The molecule has 1 atom stereocenters. The van der Waals surface area contributed by atoms with Crippen molar-refractivity contribution in [3.8, 4) is 5.75 Å². The standard InChI is InChI=1S/C23H23N5O5/c1-13-25-21-16(23(32)28(13)18-8-9-19(29)27-22(18)31)6-3-7-17(21)26-20(30)12-33-15-5-2-4-14(10-15)11-24/h2-7,10,18H,8-9,11-12,24H2,1H3,(H,26,30)(H,27,29,31). The first-order chi connectivity index (χ1) is 15.9. The van der Waals surface area contributed by atoms with E-state index in [2.05, 4.69) is 15.6 Å². The number of nitrogens with one attached hydrogen (secondary N) is 2. The molecular weight excluding hydrogens is 426 g/mol. The summed E-state index contributed by atoms with van der Waals surface area (Å²) in [5.41, 5.74) is 6.75. The number of ether oxygens (including phenoxy) is 1. The van der Waals surface area contributed by atoms with Crippen molar-refractivity contribution in [1.82, 2.24) is 14.9 Å². The van der Waals surface area contributed by atoms with E-state index < -0.39 is 23.4 Å². The van der Waals surface area contributed by atoms with E-state index in [1.165, 1.54) is 4.57 Å². The highest BCUT2D eigenvalue weighted by Gasteiger charge is 2.30. The molecule has 1 unspecified atom stereocenters. The Labute approximate surface area is 188 Å². The Morgan fingerprint density at radius 3 is 2.79 bits per heavy atom. The van der Waals surface area contributed by atoms with Crippen molar-refractivity contribution in [2.24, 2.45) is 5.73 Å². The average molecular weight is 449 g/mol. The summed E-state index contributed by atoms with van der Waals surface area (Å²) in [5.74, 6) is -0.490. The van der Waals surface area contributed by atoms with Crippen LogP contribution in [-0.4, -0.2) is 33.9 Å². The van der Waals surface area contributed by atoms with Crippen molar-refractivity contribution in [3.05, 3.63) is 64.2 Å². The van der Waals surface area contributed by atoms with Gasteiger partial charge in [-0.15, -0.1) is 0 Å². The molecule has 0 bridgehead atoms. The second-order valence-corrected chi connectivity index (χ2v) is 7.69. The van der Waals surface area contributed by atoms with Crippen LogP contribution in [0.25, 0.3) is 10.9 Å². The number of rotatable bonds is 6. The van der Waals surface area contributed by atoms with Gasteiger partial charge in [0.05, 0.1) is 11.1 Å². The third kappa shape index (κ3) is 4.60. The Hall–Kier alpha value is -4.05. The number of piperidine rings is 1. The van der Waals surface area contributed by atoms with Crippen LogP contribution in [0.4, 0.5) is 5.69 Å². The maximum Gasteiger partial charge on any atom is 0.262 e. The molecule has 0 aliphatic carbocycles. The first-order valence-corrected chi connectivity index (χ1v) is 10.4. The molecule has 4 rings (SSSR count). The fraction of sp³-hybridized carbons (Fsp3) is 0.261. The first-order valence-electron chi connectivity index (χ1n) is 10.4. The molecule has 1 saturated heterocycles. The summed E-state index contributed by atoms with van der Waals surface area (Å²) < 4.78 is 6.83. The Morgan fingerprint density at radius 2 is 2.03 bits per heavy atom. The van der Waals surface area contributed by atoms with Crippen molar-refractivity contribution < 1.29 is 19.1 Å². The molecule has 4 N–H and O–H groups in total. The molecule has 3 aromatic rings. The van der Waals surface area contributed by atoms with Gasteiger partial charge in [-0.3, -0.25) is 29.1 Å². The second kappa shape index (κ2) is 9.21. The van der Waals surface area contributed by atoms with E-state index in [4.69, 9.17) is 10.5 Å². The lowest BCUT2D eigenvalue weighted by molar-refractivity contribution is -0.135. The molecule has 10 heteroatoms. The summed E-state index contributed by atoms with van der Waals surface area (Å²) >= 11 is 0. The number of amides is 3. The van der Waals surface area contributed by atoms with Crippen molar-refractivity contribution in [2.75, 3.05) is 11.9 Å². The predicted molar refractivity (Wildman–Crippen MR) is 121 cm³/mol. The SMILES string of the molecule is Cc1nc2c(NC(=O)COc3cccc(CN)c3)cccc2c(=O)n1C1CCC(=O)NC1=O. The first kappa shape index (κ1) is 22.2. The van der Waals surface area contributed by atoms with E-state index in [0.29, 0.717) is 29.3 Å². The van der Waals surface area contributed by atoms with Crippen molar-refractivity contribution in [2.45, 2.75) is 32.4 Å². The molecule has 2 aromatic carbocycles. The third-order valence-electron chi connectivity index (χ3n) is 5.41. The second-order valence-electron chi connectivity index (χ2n) is 7.69. The van der Waals surface area contributed by atoms with E-state index in [1.54, 1.807) is 43.3 Å². The average Bonchev–Trinajstić information content (AvgIpc) is 2.80. The van der Waals surface area contributed by atoms with Gasteiger partial charge in [0, 0.05) is 13.0 Å². The molecule has 1 aliphatic heterocycles. The summed E-state index contributed by atoms with van der Waals surface area (Å²) in [5, 5.41) is 5.24. The van der Waals surface area contributed by atoms with Crippen LogP contribution in [0.5, 0.6) is 5.75 Å². The van der Waals surface area contributed by atoms with Gasteiger partial charge in [-0.05, 0) is 43.2 Å². The maximum atomic E-state index is 13.2. The maximum absolute atomic E-state index is 13.2. The minimum atomic E-state index is -0.817. The molecule has 1 aromatic heterocycles. The topological polar surface area (TPSA) is 145 Å². The summed E-state index contributed by atoms with van der Waals surface area (Å²) in [4.78, 5) is 53.9. The number of hydrogen-bond acceptors (Lipinski definition) is 7. The van der Waals surface area contributed by atoms with Gasteiger partial charge in [0.1, 0.15) is 23.1 Å². The van der Waals surface area contributed by atoms with Crippen LogP contribution >= 0.6 is 0 Å². The molecule has 0 saturated carbocycles. The van der Waals surface area contributed by atoms with E-state index >= 15 is 0 Å². The summed E-state index contributed by atoms with van der Waals surface area (Å²) in [7, 11) is 0. The van der Waals surface area contributed by atoms with E-state index in [1.807, 2.05) is 6.07 Å². The van der Waals surface area contributed by atoms with Crippen LogP contribution in [0.2, 0.25) is 0 Å². The lowest BCUT2D eigenvalue weighted by Gasteiger charge is -2.24. The summed E-state index contributed by atoms with van der Waals surface area (Å²) in [6, 6.07) is 11.2. The Kier molecular flexibility index (Phi) is 6.18. The molecule has 3 amide bonds. The smallest absolute Gasteiger partial charge is 0.262 e. The number of anilines is 1. The summed E-state index contributed by atoms with van der Waals surface area (Å²) in [6.07, 6.45) is 0.363. The van der Waals surface area contributed by atoms with Gasteiger partial charge < -0.3 is 15.8 Å². The number of imide groups is 1. The summed E-state index contributed by atoms with van der Waals surface area (Å²) in [6.45, 7) is 1.73. The van der Waals surface area contributed by atoms with Crippen LogP contribution in [0.3, 0.4) is 0 Å². The van der Waals surface area contributed by atoms with Crippen LogP contribution in [0.1, 0.15) is 30.3 Å². The molecule has 0 spiro atoms. The Balaban J connectivity index is 1.58. The third-order valence-corrected chi connectivity index (χ3v) is 5.41. The van der Waals surface area contributed by atoms with E-state index in [0.717, 1.165) is 5.56 Å². The number of fused-ring (bicyclic) bond motifs is 1. The number of aromatic nitrogens is 2. The van der Waals surface area contributed by atoms with Gasteiger partial charge in [0.15, 0.2) is 6.61 Å². The number of nitrogens with two attached hydrogens (primary N) is 1. The molecule has 170 valence electrons. The lowest BCUT2D eigenvalue weighted by atomic mass is 10.1. The number of hydrogen-bond donors (Lipinski definition) is 3. The number of carbonyl (C=O) groups excluding carboxylic acids is 3. The fourth-order valence-corrected chi connectivity index (χ4v) is 3.82. The zero-order valence-electron chi connectivity index (χ0n) is 18.0. The number of benzene rings is 2. The number of aryl methyl sites for hydroxylation is 1. The van der Waals surface area contributed by atoms with Gasteiger partial charge in [0.25, 0.3) is 11.5 Å². The molecule has 10 nitrogen and oxygen atoms in total. The van der Waals surface area contributed by atoms with Gasteiger partial charge in [0.2, 0.25) is 11.8 Å². The molecule has 33 heavy (non-hydrogen) atoms. The lowest BCUT2D eigenvalue weighted by Crippen LogP contribution is -2.45. The minimum Gasteiger partial charge on any atom is -0.484 e. The Bertz CT molecular complexity index is 1320. The van der Waals surface area contributed by atoms with Crippen LogP contribution in [-0.2, 0) is 20.9 Å². The molecular formula is C23H23N5O5. The Morgan fingerprint density at radius 1 is 1.24 bits per heavy atom. The predicted octanol–water partition coefficient (Wildman–Crippen LogP) is 1.16. The number of carbonyl (C=O) groups is 3. The number of nitrogens with zero attached hydrogens (tertiary/aromatic N) is 2. The van der Waals surface area contributed by atoms with Gasteiger partial charge >= 0.3 is 0 Å². The molecule has 1 aliphatic rings. The van der Waals surface area contributed by atoms with Crippen molar-refractivity contribution in [3.63, 3.8) is 0 Å². The highest BCUT2D eigenvalue weighted by molar-refractivity contribution is 6.01. The largest absolute Gasteiger partial charge is 0.484 e. The molecule has 0 radical (unpaired) electrons. The van der Waals surface area contributed by atoms with E-state index in [-0.39, 0.29) is 30.7 Å². The van der Waals surface area contributed by atoms with Crippen LogP contribution < -0.4 is 26.7 Å². The number of para-hydroxylation sites is 1. The fourth-order valence-electron chi connectivity index (χ4n) is 3.82. The zero-order chi connectivity index (χ0) is 23.5. The molecule has 2 heterocycles. The van der Waals surface area contributed by atoms with E-state index in [9.17, 15) is 19.2 Å². The quantitative estimate of drug-likeness (QED) is 0.479. The van der Waals surface area contributed by atoms with Gasteiger partial charge in [-0.1, -0.05) is 18.2 Å². The molecule has 1 fully saturated rings. The van der Waals surface area contributed by atoms with Crippen molar-refractivity contribution in [1.29, 1.82) is 0 Å². The van der Waals surface area contributed by atoms with Gasteiger partial charge in [-0.2, -0.15) is 0 Å². The highest BCUT2D eigenvalue weighted by atomic mass is 16.5. The highest BCUT2D eigenvalue weighted by Crippen LogP contribution is 2.23. The minimum absolute atomic E-state index is 0.143. The monoisotopic (exact) mass is 449 g/mol. The van der Waals surface area contributed by atoms with Crippen LogP contribution in [0, 0.1) is 6.92 Å².